The Morgan fingerprint density at radius 3 is 0.211 bits per heavy atom. The van der Waals surface area contributed by atoms with Crippen molar-refractivity contribution >= 4 is 0 Å². The summed E-state index contributed by atoms with van der Waals surface area (Å²) in [5, 5.41) is 0. The molecule has 256 valence electrons. The summed E-state index contributed by atoms with van der Waals surface area (Å²) in [7, 11) is 0. The van der Waals surface area contributed by atoms with Crippen molar-refractivity contribution in [2.24, 2.45) is 5.92 Å². The van der Waals surface area contributed by atoms with Crippen molar-refractivity contribution in [1.29, 1.82) is 0 Å². The minimum atomic E-state index is 0.833. The maximum absolute atomic E-state index is 2.17. The van der Waals surface area contributed by atoms with Gasteiger partial charge in [-0.3, -0.25) is 0 Å². The second kappa shape index (κ2) is 396. The van der Waals surface area contributed by atoms with Crippen LogP contribution in [0.3, 0.4) is 0 Å². The first-order valence-corrected chi connectivity index (χ1v) is 18.0. The highest BCUT2D eigenvalue weighted by atomic mass is 13.7. The van der Waals surface area contributed by atoms with Crippen LogP contribution in [0.15, 0.2) is 0 Å². The van der Waals surface area contributed by atoms with E-state index in [0.717, 1.165) is 5.92 Å². The fourth-order valence-electron chi connectivity index (χ4n) is 0. The van der Waals surface area contributed by atoms with E-state index >= 15 is 0 Å². The van der Waals surface area contributed by atoms with E-state index < -0.39 is 0 Å². The molecule has 0 heterocycles. The smallest absolute Gasteiger partial charge is 0.0500 e. The third-order valence-electron chi connectivity index (χ3n) is 0. The summed E-state index contributed by atoms with van der Waals surface area (Å²) in [5.74, 6) is 0.833. The molecule has 0 unspecified atom stereocenters. The van der Waals surface area contributed by atoms with Crippen LogP contribution in [-0.4, -0.2) is 0 Å². The predicted octanol–water partition coefficient (Wildman–Crippen LogP) is 18.1. The van der Waals surface area contributed by atoms with Crippen molar-refractivity contribution in [3.8, 4) is 0 Å². The summed E-state index contributed by atoms with van der Waals surface area (Å²) < 4.78 is 0. The molecule has 0 saturated carbocycles. The summed E-state index contributed by atoms with van der Waals surface area (Å²) in [6.45, 7) is 60.5. The Labute approximate surface area is 257 Å². The molecule has 0 aliphatic heterocycles. The van der Waals surface area contributed by atoms with Crippen molar-refractivity contribution in [1.82, 2.24) is 0 Å². The molecular weight excluding hydrogens is 456 g/mol. The van der Waals surface area contributed by atoms with Gasteiger partial charge in [-0.2, -0.15) is 0 Å². The third-order valence-corrected chi connectivity index (χ3v) is 0. The van der Waals surface area contributed by atoms with Gasteiger partial charge in [0.2, 0.25) is 0 Å². The van der Waals surface area contributed by atoms with Crippen LogP contribution in [-0.2, 0) is 0 Å². The fraction of sp³-hybridized carbons (Fsp3) is 1.00. The minimum Gasteiger partial charge on any atom is -0.0683 e. The second-order valence-electron chi connectivity index (χ2n) is 7.39. The van der Waals surface area contributed by atoms with Crippen LogP contribution >= 0.6 is 0 Å². The zero-order chi connectivity index (χ0) is 35.2. The first kappa shape index (κ1) is 90.3. The lowest BCUT2D eigenvalue weighted by Gasteiger charge is -1.79. The summed E-state index contributed by atoms with van der Waals surface area (Å²) in [6, 6.07) is 0. The van der Waals surface area contributed by atoms with Crippen LogP contribution in [0.4, 0.5) is 0 Å². The van der Waals surface area contributed by atoms with Crippen molar-refractivity contribution in [3.63, 3.8) is 0 Å². The van der Waals surface area contributed by atoms with E-state index in [1.165, 1.54) is 51.4 Å². The van der Waals surface area contributed by atoms with Crippen molar-refractivity contribution in [2.75, 3.05) is 0 Å². The van der Waals surface area contributed by atoms with E-state index in [9.17, 15) is 0 Å². The first-order valence-electron chi connectivity index (χ1n) is 18.0. The maximum Gasteiger partial charge on any atom is -0.0500 e. The van der Waals surface area contributed by atoms with Gasteiger partial charge in [0.25, 0.3) is 0 Å². The van der Waals surface area contributed by atoms with E-state index in [1.54, 1.807) is 0 Å². The normalized spacial score (nSPS) is 5.53. The Kier molecular flexibility index (Phi) is 942. The van der Waals surface area contributed by atoms with Crippen LogP contribution in [0.25, 0.3) is 0 Å². The van der Waals surface area contributed by atoms with Crippen molar-refractivity contribution < 1.29 is 0 Å². The SMILES string of the molecule is CC.CC.CC.CC.CC.CC(C)C.CCC.CCC.CCC.CCC.CCC.CCC.CCC.CCC. The molecule has 0 amide bonds. The lowest BCUT2D eigenvalue weighted by molar-refractivity contribution is 0.737. The highest BCUT2D eigenvalue weighted by Crippen LogP contribution is 1.81. The van der Waals surface area contributed by atoms with Gasteiger partial charge in [-0.05, 0) is 5.92 Å². The van der Waals surface area contributed by atoms with Crippen LogP contribution in [0, 0.1) is 5.92 Å². The third kappa shape index (κ3) is 0. The minimum absolute atomic E-state index is 0.833. The van der Waals surface area contributed by atoms with Gasteiger partial charge in [0, 0.05) is 0 Å². The monoisotopic (exact) mass is 561 g/mol. The molecule has 38 heavy (non-hydrogen) atoms. The highest BCUT2D eigenvalue weighted by Gasteiger charge is 1.68. The molecule has 0 atom stereocenters. The average Bonchev–Trinajstić information content (AvgIpc) is 2.89. The Balaban J connectivity index is -0.0000000137. The lowest BCUT2D eigenvalue weighted by Crippen LogP contribution is -1.66. The number of rotatable bonds is 0. The van der Waals surface area contributed by atoms with Gasteiger partial charge in [-0.1, -0.05) is 252 Å². The van der Waals surface area contributed by atoms with Gasteiger partial charge in [-0.25, -0.2) is 0 Å². The topological polar surface area (TPSA) is 0 Å². The molecule has 0 aliphatic rings. The van der Waals surface area contributed by atoms with Crippen LogP contribution < -0.4 is 0 Å². The van der Waals surface area contributed by atoms with Gasteiger partial charge in [0.15, 0.2) is 0 Å². The summed E-state index contributed by atoms with van der Waals surface area (Å²) >= 11 is 0. The molecule has 0 N–H and O–H groups in total. The van der Waals surface area contributed by atoms with Crippen LogP contribution in [0.5, 0.6) is 0 Å². The zero-order valence-corrected chi connectivity index (χ0v) is 35.2. The quantitative estimate of drug-likeness (QED) is 0.276. The molecule has 0 aliphatic carbocycles. The van der Waals surface area contributed by atoms with Gasteiger partial charge in [0.1, 0.15) is 0 Å². The van der Waals surface area contributed by atoms with E-state index in [1.807, 2.05) is 69.2 Å². The van der Waals surface area contributed by atoms with Crippen molar-refractivity contribution in [3.05, 3.63) is 0 Å². The van der Waals surface area contributed by atoms with Crippen LogP contribution in [0.2, 0.25) is 0 Å². The fourth-order valence-corrected chi connectivity index (χ4v) is 0. The Morgan fingerprint density at radius 2 is 0.211 bits per heavy atom. The van der Waals surface area contributed by atoms with E-state index in [-0.39, 0.29) is 0 Å². The predicted molar refractivity (Wildman–Crippen MR) is 205 cm³/mol. The number of hydrogen-bond acceptors (Lipinski definition) is 0. The Hall–Kier alpha value is 0. The van der Waals surface area contributed by atoms with Crippen molar-refractivity contribution in [2.45, 2.75) is 252 Å². The van der Waals surface area contributed by atoms with Gasteiger partial charge < -0.3 is 0 Å². The lowest BCUT2D eigenvalue weighted by atomic mass is 10.3. The maximum atomic E-state index is 2.17. The largest absolute Gasteiger partial charge is 0.0683 e. The standard InChI is InChI=1S/C4H10.8C3H8.5C2H6/c1-4(2)3;8*1-3-2;5*1-2/h4H,1-3H3;8*3H2,1-2H3;5*1-2H3. The Morgan fingerprint density at radius 1 is 0.211 bits per heavy atom. The molecule has 0 bridgehead atoms. The average molecular weight is 561 g/mol. The molecule has 0 nitrogen and oxygen atoms in total. The summed E-state index contributed by atoms with van der Waals surface area (Å²) in [6.07, 6.45) is 10.0. The second-order valence-corrected chi connectivity index (χ2v) is 7.39. The molecule has 0 aromatic rings. The van der Waals surface area contributed by atoms with Gasteiger partial charge in [0.05, 0.1) is 0 Å². The van der Waals surface area contributed by atoms with Gasteiger partial charge in [-0.15, -0.1) is 0 Å². The Bertz CT molecular complexity index is 47.4. The molecule has 0 aromatic heterocycles. The molecule has 0 radical (unpaired) electrons. The van der Waals surface area contributed by atoms with Gasteiger partial charge >= 0.3 is 0 Å². The molecule has 0 fully saturated rings. The summed E-state index contributed by atoms with van der Waals surface area (Å²) in [5.41, 5.74) is 0. The van der Waals surface area contributed by atoms with E-state index in [0.29, 0.717) is 0 Å². The highest BCUT2D eigenvalue weighted by molar-refractivity contribution is 4.20. The first-order chi connectivity index (χ1) is 18.0. The molecule has 0 spiro atoms. The zero-order valence-electron chi connectivity index (χ0n) is 35.2. The molecule has 0 saturated heterocycles. The molecule has 0 rings (SSSR count). The summed E-state index contributed by atoms with van der Waals surface area (Å²) in [4.78, 5) is 0. The molecule has 0 aromatic carbocycles. The van der Waals surface area contributed by atoms with Crippen LogP contribution in [0.1, 0.15) is 252 Å². The van der Waals surface area contributed by atoms with E-state index in [4.69, 9.17) is 0 Å². The molecular formula is C38H104. The molecule has 0 heteroatoms. The number of hydrogen-bond donors (Lipinski definition) is 0. The van der Waals surface area contributed by atoms with E-state index in [2.05, 4.69) is 132 Å².